The summed E-state index contributed by atoms with van der Waals surface area (Å²) < 4.78 is 6.58. The van der Waals surface area contributed by atoms with Crippen LogP contribution in [-0.4, -0.2) is 79.7 Å². The van der Waals surface area contributed by atoms with E-state index >= 15 is 0 Å². The van der Waals surface area contributed by atoms with E-state index in [1.165, 1.54) is 0 Å². The van der Waals surface area contributed by atoms with Crippen LogP contribution < -0.4 is 16.0 Å². The number of fused-ring (bicyclic) bond motifs is 1. The molecule has 2 atom stereocenters. The minimum absolute atomic E-state index is 0.0914. The lowest BCUT2D eigenvalue weighted by Crippen LogP contribution is -2.39. The van der Waals surface area contributed by atoms with E-state index in [9.17, 15) is 4.79 Å². The van der Waals surface area contributed by atoms with Gasteiger partial charge in [-0.1, -0.05) is 0 Å². The molecule has 0 aliphatic carbocycles. The summed E-state index contributed by atoms with van der Waals surface area (Å²) in [5.41, 5.74) is 8.79. The van der Waals surface area contributed by atoms with Crippen molar-refractivity contribution in [2.45, 2.75) is 44.7 Å². The van der Waals surface area contributed by atoms with Gasteiger partial charge in [0.1, 0.15) is 5.82 Å². The van der Waals surface area contributed by atoms with Crippen molar-refractivity contribution in [3.63, 3.8) is 0 Å². The van der Waals surface area contributed by atoms with E-state index in [1.54, 1.807) is 9.42 Å². The summed E-state index contributed by atoms with van der Waals surface area (Å²) >= 11 is 0. The molecule has 33 heavy (non-hydrogen) atoms. The Hall–Kier alpha value is -3.25. The smallest absolute Gasteiger partial charge is 0.280 e. The van der Waals surface area contributed by atoms with Crippen LogP contribution in [0.25, 0.3) is 5.65 Å². The van der Waals surface area contributed by atoms with Gasteiger partial charge in [-0.2, -0.15) is 5.10 Å². The standard InChI is InChI=1S/C21H29N9O3/c1-13-11-30-17(24-20(13)28-8-5-14(22)12-28)10-15(25-30)16-4-2-3-7-29(16)21(32)18-19(23-6-9-31)27-33-26-18/h10-11,14,16,31H,2-9,12,22H2,1H3,(H,23,27)/t14-,16-/m0/s1. The monoisotopic (exact) mass is 455 g/mol. The number of anilines is 2. The van der Waals surface area contributed by atoms with Gasteiger partial charge in [0, 0.05) is 50.0 Å². The molecule has 3 aromatic rings. The van der Waals surface area contributed by atoms with Crippen LogP contribution in [0.3, 0.4) is 0 Å². The first-order valence-electron chi connectivity index (χ1n) is 11.4. The zero-order chi connectivity index (χ0) is 22.9. The third kappa shape index (κ3) is 4.11. The SMILES string of the molecule is Cc1cn2nc([C@@H]3CCCCN3C(=O)c3nonc3NCCO)cc2nc1N1CC[C@H](N)C1. The molecule has 1 amide bonds. The van der Waals surface area contributed by atoms with Crippen molar-refractivity contribution in [3.05, 3.63) is 29.2 Å². The van der Waals surface area contributed by atoms with Crippen molar-refractivity contribution in [2.75, 3.05) is 43.0 Å². The summed E-state index contributed by atoms with van der Waals surface area (Å²) in [7, 11) is 0. The summed E-state index contributed by atoms with van der Waals surface area (Å²) in [6.45, 7) is 4.48. The first kappa shape index (κ1) is 21.6. The molecular formula is C21H29N9O3. The highest BCUT2D eigenvalue weighted by Crippen LogP contribution is 2.33. The Morgan fingerprint density at radius 3 is 2.97 bits per heavy atom. The van der Waals surface area contributed by atoms with Crippen LogP contribution in [0.15, 0.2) is 16.9 Å². The first-order chi connectivity index (χ1) is 16.0. The van der Waals surface area contributed by atoms with Gasteiger partial charge in [-0.3, -0.25) is 4.79 Å². The Morgan fingerprint density at radius 2 is 2.18 bits per heavy atom. The number of aliphatic hydroxyl groups is 1. The molecule has 0 spiro atoms. The van der Waals surface area contributed by atoms with Gasteiger partial charge in [0.05, 0.1) is 18.3 Å². The van der Waals surface area contributed by atoms with Crippen LogP contribution in [0.4, 0.5) is 11.6 Å². The molecule has 5 heterocycles. The molecule has 4 N–H and O–H groups in total. The van der Waals surface area contributed by atoms with Crippen molar-refractivity contribution in [2.24, 2.45) is 5.73 Å². The molecular weight excluding hydrogens is 426 g/mol. The quantitative estimate of drug-likeness (QED) is 0.485. The normalized spacial score (nSPS) is 21.2. The van der Waals surface area contributed by atoms with Crippen molar-refractivity contribution in [1.82, 2.24) is 29.8 Å². The molecule has 0 unspecified atom stereocenters. The van der Waals surface area contributed by atoms with Crippen LogP contribution >= 0.6 is 0 Å². The molecule has 2 fully saturated rings. The second-order valence-corrected chi connectivity index (χ2v) is 8.74. The number of amides is 1. The number of nitrogens with zero attached hydrogens (tertiary/aromatic N) is 7. The predicted octanol–water partition coefficient (Wildman–Crippen LogP) is 0.730. The van der Waals surface area contributed by atoms with E-state index in [0.29, 0.717) is 6.54 Å². The van der Waals surface area contributed by atoms with Crippen LogP contribution in [0.5, 0.6) is 0 Å². The second-order valence-electron chi connectivity index (χ2n) is 8.74. The van der Waals surface area contributed by atoms with E-state index in [0.717, 1.165) is 61.5 Å². The number of hydrogen-bond donors (Lipinski definition) is 3. The Labute approximate surface area is 190 Å². The summed E-state index contributed by atoms with van der Waals surface area (Å²) in [6, 6.07) is 1.94. The summed E-state index contributed by atoms with van der Waals surface area (Å²) in [4.78, 5) is 22.2. The zero-order valence-corrected chi connectivity index (χ0v) is 18.6. The highest BCUT2D eigenvalue weighted by atomic mass is 16.6. The van der Waals surface area contributed by atoms with Gasteiger partial charge in [-0.25, -0.2) is 14.1 Å². The van der Waals surface area contributed by atoms with Crippen molar-refractivity contribution >= 4 is 23.2 Å². The molecule has 2 aliphatic heterocycles. The number of aromatic nitrogens is 5. The van der Waals surface area contributed by atoms with E-state index in [2.05, 4.69) is 20.5 Å². The van der Waals surface area contributed by atoms with Crippen LogP contribution in [0.2, 0.25) is 0 Å². The number of carbonyl (C=O) groups excluding carboxylic acids is 1. The van der Waals surface area contributed by atoms with Crippen molar-refractivity contribution in [1.29, 1.82) is 0 Å². The molecule has 0 saturated carbocycles. The van der Waals surface area contributed by atoms with Crippen LogP contribution in [0.1, 0.15) is 53.5 Å². The number of piperidine rings is 1. The predicted molar refractivity (Wildman–Crippen MR) is 120 cm³/mol. The average Bonchev–Trinajstić information content (AvgIpc) is 3.56. The lowest BCUT2D eigenvalue weighted by Gasteiger charge is -2.34. The van der Waals surface area contributed by atoms with Crippen LogP contribution in [-0.2, 0) is 0 Å². The number of carbonyl (C=O) groups is 1. The maximum absolute atomic E-state index is 13.3. The molecule has 0 aromatic carbocycles. The summed E-state index contributed by atoms with van der Waals surface area (Å²) in [5.74, 6) is 0.903. The second kappa shape index (κ2) is 8.94. The Balaban J connectivity index is 1.44. The highest BCUT2D eigenvalue weighted by molar-refractivity contribution is 5.96. The minimum atomic E-state index is -0.269. The molecule has 12 nitrogen and oxygen atoms in total. The highest BCUT2D eigenvalue weighted by Gasteiger charge is 2.34. The number of aryl methyl sites for hydroxylation is 1. The minimum Gasteiger partial charge on any atom is -0.395 e. The van der Waals surface area contributed by atoms with Gasteiger partial charge in [0.25, 0.3) is 5.91 Å². The topological polar surface area (TPSA) is 151 Å². The van der Waals surface area contributed by atoms with Crippen molar-refractivity contribution < 1.29 is 14.5 Å². The van der Waals surface area contributed by atoms with E-state index in [1.807, 2.05) is 19.2 Å². The number of rotatable bonds is 6. The fourth-order valence-corrected chi connectivity index (χ4v) is 4.72. The fraction of sp³-hybridized carbons (Fsp3) is 0.571. The maximum Gasteiger partial charge on any atom is 0.280 e. The Bertz CT molecular complexity index is 1140. The van der Waals surface area contributed by atoms with Gasteiger partial charge in [-0.05, 0) is 42.9 Å². The number of aliphatic hydroxyl groups excluding tert-OH is 1. The molecule has 2 saturated heterocycles. The third-order valence-corrected chi connectivity index (χ3v) is 6.35. The molecule has 176 valence electrons. The zero-order valence-electron chi connectivity index (χ0n) is 18.6. The number of nitrogens with one attached hydrogen (secondary N) is 1. The molecule has 12 heteroatoms. The summed E-state index contributed by atoms with van der Waals surface area (Å²) in [5, 5.41) is 24.3. The molecule has 5 rings (SSSR count). The summed E-state index contributed by atoms with van der Waals surface area (Å²) in [6.07, 6.45) is 5.64. The molecule has 2 aliphatic rings. The first-order valence-corrected chi connectivity index (χ1v) is 11.4. The maximum atomic E-state index is 13.3. The van der Waals surface area contributed by atoms with Crippen LogP contribution in [0, 0.1) is 6.92 Å². The molecule has 3 aromatic heterocycles. The van der Waals surface area contributed by atoms with E-state index < -0.39 is 0 Å². The van der Waals surface area contributed by atoms with Gasteiger partial charge in [-0.15, -0.1) is 0 Å². The molecule has 0 bridgehead atoms. The van der Waals surface area contributed by atoms with E-state index in [4.69, 9.17) is 25.6 Å². The molecule has 0 radical (unpaired) electrons. The lowest BCUT2D eigenvalue weighted by atomic mass is 9.99. The van der Waals surface area contributed by atoms with Gasteiger partial charge < -0.3 is 26.0 Å². The number of likely N-dealkylation sites (tertiary alicyclic amines) is 1. The largest absolute Gasteiger partial charge is 0.395 e. The van der Waals surface area contributed by atoms with Gasteiger partial charge >= 0.3 is 0 Å². The van der Waals surface area contributed by atoms with E-state index in [-0.39, 0.29) is 42.7 Å². The Morgan fingerprint density at radius 1 is 1.30 bits per heavy atom. The fourth-order valence-electron chi connectivity index (χ4n) is 4.72. The average molecular weight is 456 g/mol. The lowest BCUT2D eigenvalue weighted by molar-refractivity contribution is 0.0595. The third-order valence-electron chi connectivity index (χ3n) is 6.35. The van der Waals surface area contributed by atoms with Gasteiger partial charge in [0.15, 0.2) is 5.65 Å². The number of hydrogen-bond acceptors (Lipinski definition) is 10. The number of nitrogens with two attached hydrogens (primary N) is 1. The Kier molecular flexibility index (Phi) is 5.85. The van der Waals surface area contributed by atoms with Gasteiger partial charge in [0.2, 0.25) is 11.5 Å². The van der Waals surface area contributed by atoms with Crippen molar-refractivity contribution in [3.8, 4) is 0 Å².